The molecule has 0 aromatic heterocycles. The van der Waals surface area contributed by atoms with E-state index >= 15 is 0 Å². The smallest absolute Gasteiger partial charge is 0.260 e. The minimum atomic E-state index is -0.477. The molecule has 0 radical (unpaired) electrons. The summed E-state index contributed by atoms with van der Waals surface area (Å²) in [5.41, 5.74) is 8.54. The first-order valence-corrected chi connectivity index (χ1v) is 6.94. The molecule has 0 fully saturated rings. The second-order valence-electron chi connectivity index (χ2n) is 5.01. The van der Waals surface area contributed by atoms with Gasteiger partial charge in [-0.1, -0.05) is 6.07 Å². The summed E-state index contributed by atoms with van der Waals surface area (Å²) in [6.45, 7) is 4.27. The summed E-state index contributed by atoms with van der Waals surface area (Å²) < 4.78 is 5.68. The first kappa shape index (κ1) is 13.9. The van der Waals surface area contributed by atoms with Gasteiger partial charge in [0.1, 0.15) is 5.75 Å². The molecule has 104 valence electrons. The van der Waals surface area contributed by atoms with Crippen LogP contribution in [-0.4, -0.2) is 18.6 Å². The van der Waals surface area contributed by atoms with Crippen LogP contribution in [0.2, 0.25) is 0 Å². The summed E-state index contributed by atoms with van der Waals surface area (Å²) in [7, 11) is 0. The summed E-state index contributed by atoms with van der Waals surface area (Å²) >= 11 is 0. The zero-order valence-electron chi connectivity index (χ0n) is 11.6. The standard InChI is InChI=1S/C15H22N2O2/c1-3-17-15(18)10(2)19-12-7-8-13-11(9-12)5-4-6-14(13)16/h7-10,14H,3-6,16H2,1-2H3,(H,17,18). The van der Waals surface area contributed by atoms with Crippen molar-refractivity contribution in [1.29, 1.82) is 0 Å². The quantitative estimate of drug-likeness (QED) is 0.871. The van der Waals surface area contributed by atoms with Crippen LogP contribution in [0.25, 0.3) is 0 Å². The molecule has 0 saturated carbocycles. The summed E-state index contributed by atoms with van der Waals surface area (Å²) in [5, 5.41) is 2.75. The molecule has 0 heterocycles. The first-order valence-electron chi connectivity index (χ1n) is 6.94. The second-order valence-corrected chi connectivity index (χ2v) is 5.01. The third kappa shape index (κ3) is 3.26. The summed E-state index contributed by atoms with van der Waals surface area (Å²) in [5.74, 6) is 0.656. The van der Waals surface area contributed by atoms with Gasteiger partial charge in [-0.3, -0.25) is 4.79 Å². The van der Waals surface area contributed by atoms with E-state index in [0.717, 1.165) is 25.0 Å². The number of likely N-dealkylation sites (N-methyl/N-ethyl adjacent to an activating group) is 1. The SMILES string of the molecule is CCNC(=O)C(C)Oc1ccc2c(c1)CCCC2N. The van der Waals surface area contributed by atoms with Crippen molar-refractivity contribution in [1.82, 2.24) is 5.32 Å². The van der Waals surface area contributed by atoms with E-state index in [-0.39, 0.29) is 11.9 Å². The average molecular weight is 262 g/mol. The third-order valence-corrected chi connectivity index (χ3v) is 3.51. The molecule has 2 unspecified atom stereocenters. The lowest BCUT2D eigenvalue weighted by Crippen LogP contribution is -2.36. The predicted octanol–water partition coefficient (Wildman–Crippen LogP) is 1.93. The highest BCUT2D eigenvalue weighted by molar-refractivity contribution is 5.80. The van der Waals surface area contributed by atoms with Crippen molar-refractivity contribution in [3.05, 3.63) is 29.3 Å². The number of aryl methyl sites for hydroxylation is 1. The Balaban J connectivity index is 2.08. The van der Waals surface area contributed by atoms with Crippen molar-refractivity contribution in [2.75, 3.05) is 6.54 Å². The Kier molecular flexibility index (Phi) is 4.43. The molecule has 0 saturated heterocycles. The molecular weight excluding hydrogens is 240 g/mol. The number of hydrogen-bond donors (Lipinski definition) is 2. The molecule has 1 aromatic rings. The Labute approximate surface area is 114 Å². The molecule has 1 aromatic carbocycles. The van der Waals surface area contributed by atoms with Crippen molar-refractivity contribution in [3.8, 4) is 5.75 Å². The highest BCUT2D eigenvalue weighted by atomic mass is 16.5. The fourth-order valence-electron chi connectivity index (χ4n) is 2.48. The molecule has 3 N–H and O–H groups in total. The van der Waals surface area contributed by atoms with Crippen LogP contribution < -0.4 is 15.8 Å². The minimum Gasteiger partial charge on any atom is -0.481 e. The highest BCUT2D eigenvalue weighted by Gasteiger charge is 2.18. The second kappa shape index (κ2) is 6.06. The Morgan fingerprint density at radius 3 is 3.11 bits per heavy atom. The van der Waals surface area contributed by atoms with Gasteiger partial charge in [0.2, 0.25) is 0 Å². The van der Waals surface area contributed by atoms with Gasteiger partial charge in [0, 0.05) is 12.6 Å². The molecule has 4 heteroatoms. The summed E-state index contributed by atoms with van der Waals surface area (Å²) in [6.07, 6.45) is 2.72. The molecule has 4 nitrogen and oxygen atoms in total. The van der Waals surface area contributed by atoms with Crippen molar-refractivity contribution in [3.63, 3.8) is 0 Å². The van der Waals surface area contributed by atoms with E-state index in [1.165, 1.54) is 11.1 Å². The number of benzene rings is 1. The van der Waals surface area contributed by atoms with Gasteiger partial charge in [0.05, 0.1) is 0 Å². The molecule has 0 bridgehead atoms. The summed E-state index contributed by atoms with van der Waals surface area (Å²) in [4.78, 5) is 11.6. The maximum Gasteiger partial charge on any atom is 0.260 e. The number of rotatable bonds is 4. The van der Waals surface area contributed by atoms with Crippen molar-refractivity contribution >= 4 is 5.91 Å². The normalized spacial score (nSPS) is 19.4. The molecule has 1 aliphatic rings. The fourth-order valence-corrected chi connectivity index (χ4v) is 2.48. The zero-order chi connectivity index (χ0) is 13.8. The van der Waals surface area contributed by atoms with Gasteiger partial charge in [-0.25, -0.2) is 0 Å². The highest BCUT2D eigenvalue weighted by Crippen LogP contribution is 2.30. The van der Waals surface area contributed by atoms with Gasteiger partial charge < -0.3 is 15.8 Å². The molecule has 2 atom stereocenters. The Morgan fingerprint density at radius 2 is 2.37 bits per heavy atom. The van der Waals surface area contributed by atoms with Crippen LogP contribution in [0.1, 0.15) is 43.9 Å². The maximum absolute atomic E-state index is 11.6. The van der Waals surface area contributed by atoms with E-state index in [4.69, 9.17) is 10.5 Å². The van der Waals surface area contributed by atoms with Crippen molar-refractivity contribution in [2.24, 2.45) is 5.73 Å². The van der Waals surface area contributed by atoms with Crippen LogP contribution in [0.5, 0.6) is 5.75 Å². The van der Waals surface area contributed by atoms with E-state index in [9.17, 15) is 4.79 Å². The van der Waals surface area contributed by atoms with Gasteiger partial charge in [0.25, 0.3) is 5.91 Å². The number of carbonyl (C=O) groups excluding carboxylic acids is 1. The number of fused-ring (bicyclic) bond motifs is 1. The van der Waals surface area contributed by atoms with E-state index in [1.54, 1.807) is 6.92 Å². The molecule has 1 aliphatic carbocycles. The number of nitrogens with one attached hydrogen (secondary N) is 1. The Bertz CT molecular complexity index is 459. The van der Waals surface area contributed by atoms with Crippen LogP contribution in [0, 0.1) is 0 Å². The predicted molar refractivity (Wildman–Crippen MR) is 75.1 cm³/mol. The molecule has 19 heavy (non-hydrogen) atoms. The molecule has 1 amide bonds. The lowest BCUT2D eigenvalue weighted by atomic mass is 9.88. The van der Waals surface area contributed by atoms with Crippen molar-refractivity contribution in [2.45, 2.75) is 45.3 Å². The molecule has 0 aliphatic heterocycles. The molecule has 2 rings (SSSR count). The third-order valence-electron chi connectivity index (χ3n) is 3.51. The van der Waals surface area contributed by atoms with Crippen LogP contribution in [-0.2, 0) is 11.2 Å². The van der Waals surface area contributed by atoms with Crippen LogP contribution in [0.4, 0.5) is 0 Å². The average Bonchev–Trinajstić information content (AvgIpc) is 2.39. The van der Waals surface area contributed by atoms with E-state index in [2.05, 4.69) is 5.32 Å². The number of amides is 1. The van der Waals surface area contributed by atoms with Crippen LogP contribution in [0.3, 0.4) is 0 Å². The van der Waals surface area contributed by atoms with Crippen molar-refractivity contribution < 1.29 is 9.53 Å². The number of carbonyl (C=O) groups is 1. The van der Waals surface area contributed by atoms with Crippen LogP contribution >= 0.6 is 0 Å². The van der Waals surface area contributed by atoms with Gasteiger partial charge in [-0.05, 0) is 56.4 Å². The number of hydrogen-bond acceptors (Lipinski definition) is 3. The minimum absolute atomic E-state index is 0.0862. The van der Waals surface area contributed by atoms with Crippen LogP contribution in [0.15, 0.2) is 18.2 Å². The summed E-state index contributed by atoms with van der Waals surface area (Å²) in [6, 6.07) is 6.08. The van der Waals surface area contributed by atoms with Gasteiger partial charge in [0.15, 0.2) is 6.10 Å². The monoisotopic (exact) mass is 262 g/mol. The zero-order valence-corrected chi connectivity index (χ0v) is 11.6. The lowest BCUT2D eigenvalue weighted by molar-refractivity contribution is -0.127. The largest absolute Gasteiger partial charge is 0.481 e. The topological polar surface area (TPSA) is 64.3 Å². The van der Waals surface area contributed by atoms with Gasteiger partial charge in [-0.15, -0.1) is 0 Å². The van der Waals surface area contributed by atoms with E-state index < -0.39 is 6.10 Å². The number of nitrogens with two attached hydrogens (primary N) is 1. The number of ether oxygens (including phenoxy) is 1. The first-order chi connectivity index (χ1) is 9.11. The Hall–Kier alpha value is -1.55. The van der Waals surface area contributed by atoms with Gasteiger partial charge >= 0.3 is 0 Å². The molecule has 0 spiro atoms. The molecular formula is C15H22N2O2. The van der Waals surface area contributed by atoms with E-state index in [1.807, 2.05) is 25.1 Å². The van der Waals surface area contributed by atoms with E-state index in [0.29, 0.717) is 6.54 Å². The fraction of sp³-hybridized carbons (Fsp3) is 0.533. The Morgan fingerprint density at radius 1 is 1.58 bits per heavy atom. The lowest BCUT2D eigenvalue weighted by Gasteiger charge is -2.23. The maximum atomic E-state index is 11.6. The van der Waals surface area contributed by atoms with Gasteiger partial charge in [-0.2, -0.15) is 0 Å².